The molecule has 11 heteroatoms. The van der Waals surface area contributed by atoms with Crippen LogP contribution in [-0.2, 0) is 16.4 Å². The first kappa shape index (κ1) is 21.2. The Balaban J connectivity index is 1.78. The summed E-state index contributed by atoms with van der Waals surface area (Å²) in [5.74, 6) is 0.867. The van der Waals surface area contributed by atoms with Gasteiger partial charge in [0.05, 0.1) is 53.5 Å². The molecular weight excluding hydrogens is 438 g/mol. The normalized spacial score (nSPS) is 11.7. The number of aromatic nitrogens is 4. The number of methoxy groups -OCH3 is 1. The van der Waals surface area contributed by atoms with Crippen LogP contribution in [0.1, 0.15) is 4.88 Å². The molecule has 0 aliphatic rings. The van der Waals surface area contributed by atoms with Crippen LogP contribution in [0.3, 0.4) is 0 Å². The number of aliphatic hydroxyl groups excluding tert-OH is 1. The van der Waals surface area contributed by atoms with E-state index in [9.17, 15) is 8.42 Å². The average molecular weight is 460 g/mol. The second kappa shape index (κ2) is 8.25. The third-order valence-corrected chi connectivity index (χ3v) is 6.84. The van der Waals surface area contributed by atoms with Crippen LogP contribution >= 0.6 is 11.3 Å². The van der Waals surface area contributed by atoms with Crippen molar-refractivity contribution in [3.8, 4) is 16.9 Å². The van der Waals surface area contributed by atoms with E-state index in [0.717, 1.165) is 26.2 Å². The minimum atomic E-state index is -3.35. The third kappa shape index (κ3) is 4.24. The van der Waals surface area contributed by atoms with Gasteiger partial charge in [0.15, 0.2) is 9.84 Å². The molecule has 0 saturated carbocycles. The van der Waals surface area contributed by atoms with Gasteiger partial charge in [-0.15, -0.1) is 11.3 Å². The van der Waals surface area contributed by atoms with Gasteiger partial charge in [-0.3, -0.25) is 4.68 Å². The monoisotopic (exact) mass is 459 g/mol. The second-order valence-electron chi connectivity index (χ2n) is 6.91. The number of anilines is 2. The number of sulfone groups is 1. The predicted octanol–water partition coefficient (Wildman–Crippen LogP) is 3.01. The Hall–Kier alpha value is -3.02. The highest BCUT2D eigenvalue weighted by atomic mass is 32.2. The van der Waals surface area contributed by atoms with Crippen molar-refractivity contribution < 1.29 is 18.3 Å². The zero-order valence-electron chi connectivity index (χ0n) is 17.2. The van der Waals surface area contributed by atoms with Gasteiger partial charge in [0.25, 0.3) is 0 Å². The number of benzene rings is 1. The highest BCUT2D eigenvalue weighted by molar-refractivity contribution is 7.90. The Bertz CT molecular complexity index is 1360. The number of fused-ring (bicyclic) bond motifs is 1. The molecule has 0 radical (unpaired) electrons. The van der Waals surface area contributed by atoms with Crippen molar-refractivity contribution in [3.05, 3.63) is 41.7 Å². The van der Waals surface area contributed by atoms with E-state index in [0.29, 0.717) is 23.9 Å². The Labute approximate surface area is 183 Å². The number of nitrogens with one attached hydrogen (secondary N) is 1. The number of aliphatic hydroxyl groups is 1. The van der Waals surface area contributed by atoms with Gasteiger partial charge in [-0.1, -0.05) is 0 Å². The zero-order chi connectivity index (χ0) is 22.2. The Kier molecular flexibility index (Phi) is 5.65. The van der Waals surface area contributed by atoms with Crippen LogP contribution in [0.4, 0.5) is 11.6 Å². The smallest absolute Gasteiger partial charge is 0.227 e. The summed E-state index contributed by atoms with van der Waals surface area (Å²) in [6.07, 6.45) is 6.31. The number of hydrogen-bond donors (Lipinski definition) is 2. The molecule has 0 aliphatic heterocycles. The maximum atomic E-state index is 11.9. The molecule has 4 aromatic rings. The first-order valence-corrected chi connectivity index (χ1v) is 12.1. The Morgan fingerprint density at radius 3 is 2.81 bits per heavy atom. The number of aryl methyl sites for hydroxylation is 1. The number of ether oxygens (including phenoxy) is 1. The fraction of sp³-hybridized carbons (Fsp3) is 0.250. The van der Waals surface area contributed by atoms with Crippen LogP contribution in [-0.4, -0.2) is 53.2 Å². The van der Waals surface area contributed by atoms with Gasteiger partial charge in [-0.25, -0.2) is 18.4 Å². The molecule has 0 amide bonds. The molecule has 0 fully saturated rings. The minimum Gasteiger partial charge on any atom is -0.496 e. The van der Waals surface area contributed by atoms with Crippen molar-refractivity contribution in [2.45, 2.75) is 18.4 Å². The summed E-state index contributed by atoms with van der Waals surface area (Å²) in [4.78, 5) is 10.3. The molecule has 2 N–H and O–H groups in total. The standard InChI is InChI=1S/C20H21N5O4S2/c1-12-18(15-5-4-14(31(3,27)28)8-16(15)29-2)19-17(30-12)10-21-20(24-19)23-13-9-22-25(11-13)6-7-26/h4-5,8-11,26H,6-7H2,1-3H3,(H,21,23,24). The first-order valence-electron chi connectivity index (χ1n) is 9.35. The van der Waals surface area contributed by atoms with Gasteiger partial charge in [0.2, 0.25) is 5.95 Å². The third-order valence-electron chi connectivity index (χ3n) is 4.70. The number of thiophene rings is 1. The summed E-state index contributed by atoms with van der Waals surface area (Å²) < 4.78 is 31.9. The van der Waals surface area contributed by atoms with E-state index in [4.69, 9.17) is 14.8 Å². The number of nitrogens with zero attached hydrogens (tertiary/aromatic N) is 4. The van der Waals surface area contributed by atoms with Gasteiger partial charge in [0.1, 0.15) is 5.75 Å². The summed E-state index contributed by atoms with van der Waals surface area (Å²) in [5.41, 5.74) is 3.09. The Morgan fingerprint density at radius 2 is 2.10 bits per heavy atom. The fourth-order valence-electron chi connectivity index (χ4n) is 3.28. The predicted molar refractivity (Wildman–Crippen MR) is 120 cm³/mol. The van der Waals surface area contributed by atoms with E-state index in [-0.39, 0.29) is 11.5 Å². The molecule has 0 spiro atoms. The largest absolute Gasteiger partial charge is 0.496 e. The van der Waals surface area contributed by atoms with Gasteiger partial charge < -0.3 is 15.2 Å². The maximum absolute atomic E-state index is 11.9. The van der Waals surface area contributed by atoms with E-state index >= 15 is 0 Å². The highest BCUT2D eigenvalue weighted by Crippen LogP contribution is 2.42. The van der Waals surface area contributed by atoms with E-state index < -0.39 is 9.84 Å². The van der Waals surface area contributed by atoms with Crippen LogP contribution in [0.25, 0.3) is 21.3 Å². The van der Waals surface area contributed by atoms with E-state index in [1.165, 1.54) is 19.4 Å². The van der Waals surface area contributed by atoms with Gasteiger partial charge >= 0.3 is 0 Å². The molecule has 0 atom stereocenters. The second-order valence-corrected chi connectivity index (χ2v) is 10.2. The molecule has 0 bridgehead atoms. The van der Waals surface area contributed by atoms with Gasteiger partial charge in [-0.2, -0.15) is 5.10 Å². The zero-order valence-corrected chi connectivity index (χ0v) is 18.8. The van der Waals surface area contributed by atoms with Crippen LogP contribution in [0.2, 0.25) is 0 Å². The summed E-state index contributed by atoms with van der Waals surface area (Å²) in [6.45, 7) is 2.39. The molecule has 162 valence electrons. The quantitative estimate of drug-likeness (QED) is 0.433. The molecular formula is C20H21N5O4S2. The lowest BCUT2D eigenvalue weighted by molar-refractivity contribution is 0.269. The maximum Gasteiger partial charge on any atom is 0.227 e. The van der Waals surface area contributed by atoms with Crippen molar-refractivity contribution in [3.63, 3.8) is 0 Å². The summed E-state index contributed by atoms with van der Waals surface area (Å²) >= 11 is 1.56. The topological polar surface area (TPSA) is 119 Å². The molecule has 1 aromatic carbocycles. The van der Waals surface area contributed by atoms with E-state index in [2.05, 4.69) is 15.4 Å². The minimum absolute atomic E-state index is 0.00107. The molecule has 0 unspecified atom stereocenters. The summed E-state index contributed by atoms with van der Waals surface area (Å²) in [7, 11) is -1.84. The lowest BCUT2D eigenvalue weighted by atomic mass is 10.0. The summed E-state index contributed by atoms with van der Waals surface area (Å²) in [5, 5.41) is 16.3. The molecule has 0 saturated heterocycles. The van der Waals surface area contributed by atoms with Crippen LogP contribution in [0, 0.1) is 6.92 Å². The average Bonchev–Trinajstić information content (AvgIpc) is 3.30. The van der Waals surface area contributed by atoms with Crippen molar-refractivity contribution >= 4 is 43.0 Å². The Morgan fingerprint density at radius 1 is 1.29 bits per heavy atom. The van der Waals surface area contributed by atoms with Crippen molar-refractivity contribution in [2.75, 3.05) is 25.3 Å². The highest BCUT2D eigenvalue weighted by Gasteiger charge is 2.19. The molecule has 31 heavy (non-hydrogen) atoms. The molecule has 4 rings (SSSR count). The van der Waals surface area contributed by atoms with Crippen molar-refractivity contribution in [1.29, 1.82) is 0 Å². The lowest BCUT2D eigenvalue weighted by Gasteiger charge is -2.11. The van der Waals surface area contributed by atoms with Gasteiger partial charge in [0, 0.05) is 28.5 Å². The molecule has 3 heterocycles. The molecule has 9 nitrogen and oxygen atoms in total. The molecule has 0 aliphatic carbocycles. The van der Waals surface area contributed by atoms with E-state index in [1.807, 2.05) is 6.92 Å². The van der Waals surface area contributed by atoms with Crippen LogP contribution < -0.4 is 10.1 Å². The lowest BCUT2D eigenvalue weighted by Crippen LogP contribution is -2.01. The summed E-state index contributed by atoms with van der Waals surface area (Å²) in [6, 6.07) is 4.85. The SMILES string of the molecule is COc1cc(S(C)(=O)=O)ccc1-c1c(C)sc2cnc(Nc3cnn(CCO)c3)nc12. The first-order chi connectivity index (χ1) is 14.8. The fourth-order valence-corrected chi connectivity index (χ4v) is 4.90. The van der Waals surface area contributed by atoms with Crippen LogP contribution in [0.5, 0.6) is 5.75 Å². The van der Waals surface area contributed by atoms with Gasteiger partial charge in [-0.05, 0) is 25.1 Å². The van der Waals surface area contributed by atoms with Crippen molar-refractivity contribution in [1.82, 2.24) is 19.7 Å². The molecule has 3 aromatic heterocycles. The number of hydrogen-bond acceptors (Lipinski definition) is 9. The van der Waals surface area contributed by atoms with Crippen LogP contribution in [0.15, 0.2) is 41.7 Å². The number of rotatable bonds is 7. The van der Waals surface area contributed by atoms with E-state index in [1.54, 1.807) is 46.7 Å². The van der Waals surface area contributed by atoms with Crippen molar-refractivity contribution in [2.24, 2.45) is 0 Å².